The molecule has 0 saturated heterocycles. The van der Waals surface area contributed by atoms with Gasteiger partial charge >= 0.3 is 0 Å². The van der Waals surface area contributed by atoms with Crippen LogP contribution in [-0.4, -0.2) is 12.0 Å². The molecule has 64 valence electrons. The van der Waals surface area contributed by atoms with Gasteiger partial charge < -0.3 is 5.32 Å². The summed E-state index contributed by atoms with van der Waals surface area (Å²) in [6.45, 7) is 0.931. The zero-order valence-electron chi connectivity index (χ0n) is 7.43. The van der Waals surface area contributed by atoms with Crippen LogP contribution in [0.4, 0.5) is 0 Å². The van der Waals surface area contributed by atoms with E-state index >= 15 is 0 Å². The van der Waals surface area contributed by atoms with Crippen LogP contribution in [-0.2, 0) is 19.4 Å². The number of aromatic nitrogens is 1. The topological polar surface area (TPSA) is 24.9 Å². The third-order valence-electron chi connectivity index (χ3n) is 2.36. The van der Waals surface area contributed by atoms with Gasteiger partial charge in [-0.2, -0.15) is 0 Å². The van der Waals surface area contributed by atoms with Gasteiger partial charge in [0.15, 0.2) is 0 Å². The van der Waals surface area contributed by atoms with E-state index in [2.05, 4.69) is 16.4 Å². The van der Waals surface area contributed by atoms with E-state index in [1.807, 2.05) is 13.2 Å². The first-order chi connectivity index (χ1) is 5.90. The Bertz CT molecular complexity index is 281. The van der Waals surface area contributed by atoms with Crippen molar-refractivity contribution in [1.82, 2.24) is 10.3 Å². The van der Waals surface area contributed by atoms with Crippen LogP contribution in [0.25, 0.3) is 0 Å². The molecule has 0 unspecified atom stereocenters. The summed E-state index contributed by atoms with van der Waals surface area (Å²) in [6.07, 6.45) is 5.67. The van der Waals surface area contributed by atoms with Crippen LogP contribution in [0.15, 0.2) is 12.3 Å². The molecule has 0 amide bonds. The molecule has 0 bridgehead atoms. The first-order valence-corrected chi connectivity index (χ1v) is 4.51. The maximum atomic E-state index is 4.44. The molecule has 0 aromatic carbocycles. The molecule has 1 heterocycles. The Morgan fingerprint density at radius 2 is 2.42 bits per heavy atom. The fourth-order valence-electron chi connectivity index (χ4n) is 1.78. The van der Waals surface area contributed by atoms with E-state index in [0.717, 1.165) is 6.54 Å². The van der Waals surface area contributed by atoms with Gasteiger partial charge in [-0.05, 0) is 37.4 Å². The minimum atomic E-state index is 0.931. The number of hydrogen-bond acceptors (Lipinski definition) is 2. The van der Waals surface area contributed by atoms with Crippen LogP contribution in [0.3, 0.4) is 0 Å². The van der Waals surface area contributed by atoms with Gasteiger partial charge in [0.2, 0.25) is 0 Å². The summed E-state index contributed by atoms with van der Waals surface area (Å²) in [5.74, 6) is 0. The molecule has 0 saturated carbocycles. The number of rotatable bonds is 2. The quantitative estimate of drug-likeness (QED) is 0.708. The maximum absolute atomic E-state index is 4.44. The second-order valence-electron chi connectivity index (χ2n) is 3.33. The number of fused-ring (bicyclic) bond motifs is 1. The molecule has 2 heteroatoms. The maximum Gasteiger partial charge on any atom is 0.0435 e. The summed E-state index contributed by atoms with van der Waals surface area (Å²) in [7, 11) is 1.97. The molecule has 0 atom stereocenters. The lowest BCUT2D eigenvalue weighted by atomic mass is 10.1. The van der Waals surface area contributed by atoms with Crippen molar-refractivity contribution < 1.29 is 0 Å². The highest BCUT2D eigenvalue weighted by molar-refractivity contribution is 5.28. The van der Waals surface area contributed by atoms with Gasteiger partial charge in [0, 0.05) is 18.4 Å². The molecule has 12 heavy (non-hydrogen) atoms. The van der Waals surface area contributed by atoms with E-state index in [-0.39, 0.29) is 0 Å². The highest BCUT2D eigenvalue weighted by atomic mass is 14.8. The van der Waals surface area contributed by atoms with Gasteiger partial charge in [0.25, 0.3) is 0 Å². The Morgan fingerprint density at radius 1 is 1.50 bits per heavy atom. The van der Waals surface area contributed by atoms with Crippen molar-refractivity contribution in [3.05, 3.63) is 29.1 Å². The molecule has 1 aliphatic carbocycles. The molecule has 0 aliphatic heterocycles. The molecular formula is C10H14N2. The highest BCUT2D eigenvalue weighted by Gasteiger charge is 2.11. The minimum absolute atomic E-state index is 0.931. The average molecular weight is 162 g/mol. The van der Waals surface area contributed by atoms with Crippen molar-refractivity contribution in [2.24, 2.45) is 0 Å². The molecule has 2 rings (SSSR count). The van der Waals surface area contributed by atoms with E-state index in [4.69, 9.17) is 0 Å². The number of aryl methyl sites for hydroxylation is 2. The summed E-state index contributed by atoms with van der Waals surface area (Å²) in [4.78, 5) is 4.44. The second kappa shape index (κ2) is 3.23. The number of nitrogens with zero attached hydrogens (tertiary/aromatic N) is 1. The average Bonchev–Trinajstić information content (AvgIpc) is 2.51. The largest absolute Gasteiger partial charge is 0.316 e. The lowest BCUT2D eigenvalue weighted by Gasteiger charge is -2.02. The summed E-state index contributed by atoms with van der Waals surface area (Å²) in [5.41, 5.74) is 4.08. The molecule has 0 spiro atoms. The standard InChI is InChI=1S/C10H14N2/c1-11-6-8-5-9-3-2-4-10(9)12-7-8/h5,7,11H,2-4,6H2,1H3. The second-order valence-corrected chi connectivity index (χ2v) is 3.33. The fraction of sp³-hybridized carbons (Fsp3) is 0.500. The van der Waals surface area contributed by atoms with Crippen LogP contribution >= 0.6 is 0 Å². The zero-order chi connectivity index (χ0) is 8.39. The Balaban J connectivity index is 2.26. The summed E-state index contributed by atoms with van der Waals surface area (Å²) in [5, 5.41) is 3.14. The zero-order valence-corrected chi connectivity index (χ0v) is 7.43. The van der Waals surface area contributed by atoms with Crippen LogP contribution in [0.1, 0.15) is 23.2 Å². The van der Waals surface area contributed by atoms with Gasteiger partial charge in [-0.3, -0.25) is 4.98 Å². The van der Waals surface area contributed by atoms with Gasteiger partial charge in [-0.25, -0.2) is 0 Å². The molecule has 1 aromatic rings. The predicted molar refractivity (Wildman–Crippen MR) is 49.0 cm³/mol. The Morgan fingerprint density at radius 3 is 3.25 bits per heavy atom. The van der Waals surface area contributed by atoms with Crippen LogP contribution in [0.2, 0.25) is 0 Å². The SMILES string of the molecule is CNCc1cnc2c(c1)CCC2. The lowest BCUT2D eigenvalue weighted by Crippen LogP contribution is -2.06. The third kappa shape index (κ3) is 1.34. The number of pyridine rings is 1. The van der Waals surface area contributed by atoms with Crippen molar-refractivity contribution in [3.63, 3.8) is 0 Å². The van der Waals surface area contributed by atoms with Crippen LogP contribution < -0.4 is 5.32 Å². The van der Waals surface area contributed by atoms with Gasteiger partial charge in [0.1, 0.15) is 0 Å². The van der Waals surface area contributed by atoms with Crippen molar-refractivity contribution in [2.45, 2.75) is 25.8 Å². The van der Waals surface area contributed by atoms with Crippen molar-refractivity contribution in [1.29, 1.82) is 0 Å². The fourth-order valence-corrected chi connectivity index (χ4v) is 1.78. The van der Waals surface area contributed by atoms with Crippen molar-refractivity contribution in [3.8, 4) is 0 Å². The van der Waals surface area contributed by atoms with E-state index < -0.39 is 0 Å². The van der Waals surface area contributed by atoms with Crippen LogP contribution in [0.5, 0.6) is 0 Å². The predicted octanol–water partition coefficient (Wildman–Crippen LogP) is 1.29. The molecule has 1 N–H and O–H groups in total. The lowest BCUT2D eigenvalue weighted by molar-refractivity contribution is 0.810. The van der Waals surface area contributed by atoms with E-state index in [1.165, 1.54) is 36.1 Å². The van der Waals surface area contributed by atoms with Crippen molar-refractivity contribution in [2.75, 3.05) is 7.05 Å². The Hall–Kier alpha value is -0.890. The van der Waals surface area contributed by atoms with E-state index in [9.17, 15) is 0 Å². The van der Waals surface area contributed by atoms with E-state index in [1.54, 1.807) is 0 Å². The molecule has 1 aromatic heterocycles. The Kier molecular flexibility index (Phi) is 2.09. The molecule has 2 nitrogen and oxygen atoms in total. The van der Waals surface area contributed by atoms with Gasteiger partial charge in [-0.15, -0.1) is 0 Å². The van der Waals surface area contributed by atoms with Crippen LogP contribution in [0, 0.1) is 0 Å². The summed E-state index contributed by atoms with van der Waals surface area (Å²) >= 11 is 0. The summed E-state index contributed by atoms with van der Waals surface area (Å²) < 4.78 is 0. The third-order valence-corrected chi connectivity index (χ3v) is 2.36. The first-order valence-electron chi connectivity index (χ1n) is 4.51. The summed E-state index contributed by atoms with van der Waals surface area (Å²) in [6, 6.07) is 2.28. The number of nitrogens with one attached hydrogen (secondary N) is 1. The van der Waals surface area contributed by atoms with E-state index in [0.29, 0.717) is 0 Å². The highest BCUT2D eigenvalue weighted by Crippen LogP contribution is 2.20. The first kappa shape index (κ1) is 7.74. The molecular weight excluding hydrogens is 148 g/mol. The molecule has 1 aliphatic rings. The van der Waals surface area contributed by atoms with Gasteiger partial charge in [0.05, 0.1) is 0 Å². The van der Waals surface area contributed by atoms with Crippen molar-refractivity contribution >= 4 is 0 Å². The smallest absolute Gasteiger partial charge is 0.0435 e. The molecule has 0 radical (unpaired) electrons. The monoisotopic (exact) mass is 162 g/mol. The minimum Gasteiger partial charge on any atom is -0.316 e. The Labute approximate surface area is 73.0 Å². The molecule has 0 fully saturated rings. The van der Waals surface area contributed by atoms with Gasteiger partial charge in [-0.1, -0.05) is 6.07 Å². The number of hydrogen-bond donors (Lipinski definition) is 1. The normalized spacial score (nSPS) is 14.8.